The maximum atomic E-state index is 12.4. The minimum atomic E-state index is -0.912. The molecule has 1 saturated heterocycles. The zero-order valence-corrected chi connectivity index (χ0v) is 12.0. The maximum absolute atomic E-state index is 12.4. The highest BCUT2D eigenvalue weighted by Gasteiger charge is 2.47. The highest BCUT2D eigenvalue weighted by Crippen LogP contribution is 2.39. The Morgan fingerprint density at radius 1 is 1.22 bits per heavy atom. The van der Waals surface area contributed by atoms with Gasteiger partial charge in [-0.25, -0.2) is 0 Å². The zero-order chi connectivity index (χ0) is 16.4. The highest BCUT2D eigenvalue weighted by atomic mass is 16.3. The van der Waals surface area contributed by atoms with E-state index in [1.165, 1.54) is 6.26 Å². The highest BCUT2D eigenvalue weighted by molar-refractivity contribution is 6.46. The van der Waals surface area contributed by atoms with Gasteiger partial charge in [0, 0.05) is 5.56 Å². The predicted octanol–water partition coefficient (Wildman–Crippen LogP) is 2.22. The van der Waals surface area contributed by atoms with Gasteiger partial charge >= 0.3 is 0 Å². The van der Waals surface area contributed by atoms with Gasteiger partial charge in [-0.3, -0.25) is 9.59 Å². The normalized spacial score (nSPS) is 19.8. The van der Waals surface area contributed by atoms with Crippen LogP contribution in [0.1, 0.15) is 17.4 Å². The molecular formula is C17H12N2O4. The third-order valence-corrected chi connectivity index (χ3v) is 3.64. The number of nitriles is 1. The van der Waals surface area contributed by atoms with Gasteiger partial charge < -0.3 is 14.4 Å². The topological polar surface area (TPSA) is 94.5 Å². The summed E-state index contributed by atoms with van der Waals surface area (Å²) in [5, 5.41) is 19.4. The molecule has 1 aromatic heterocycles. The zero-order valence-electron chi connectivity index (χ0n) is 12.0. The lowest BCUT2D eigenvalue weighted by molar-refractivity contribution is -0.139. The van der Waals surface area contributed by atoms with Gasteiger partial charge in [-0.15, -0.1) is 0 Å². The molecule has 114 valence electrons. The van der Waals surface area contributed by atoms with E-state index in [0.717, 1.165) is 4.90 Å². The number of rotatable bonds is 3. The first-order chi connectivity index (χ1) is 11.1. The van der Waals surface area contributed by atoms with Gasteiger partial charge in [-0.1, -0.05) is 30.3 Å². The fourth-order valence-electron chi connectivity index (χ4n) is 2.61. The molecule has 23 heavy (non-hydrogen) atoms. The number of carbonyl (C=O) groups is 2. The van der Waals surface area contributed by atoms with E-state index in [0.29, 0.717) is 11.3 Å². The lowest BCUT2D eigenvalue weighted by Gasteiger charge is -2.20. The first kappa shape index (κ1) is 14.6. The number of furan rings is 1. The van der Waals surface area contributed by atoms with Crippen LogP contribution in [0.4, 0.5) is 0 Å². The Morgan fingerprint density at radius 2 is 1.96 bits per heavy atom. The first-order valence-electron chi connectivity index (χ1n) is 6.89. The molecule has 6 heteroatoms. The number of aliphatic hydroxyl groups excluding tert-OH is 1. The Bertz CT molecular complexity index is 816. The molecule has 6 nitrogen and oxygen atoms in total. The summed E-state index contributed by atoms with van der Waals surface area (Å²) in [6, 6.07) is 12.6. The molecule has 0 saturated carbocycles. The number of likely N-dealkylation sites (tertiary alicyclic amines) is 1. The van der Waals surface area contributed by atoms with Crippen molar-refractivity contribution < 1.29 is 19.1 Å². The van der Waals surface area contributed by atoms with Gasteiger partial charge in [0.2, 0.25) is 0 Å². The average Bonchev–Trinajstić information content (AvgIpc) is 3.18. The van der Waals surface area contributed by atoms with E-state index in [2.05, 4.69) is 0 Å². The maximum Gasteiger partial charge on any atom is 0.296 e. The molecule has 0 spiro atoms. The molecule has 1 aromatic carbocycles. The summed E-state index contributed by atoms with van der Waals surface area (Å²) in [7, 11) is 0. The molecule has 1 atom stereocenters. The fourth-order valence-corrected chi connectivity index (χ4v) is 2.61. The quantitative estimate of drug-likeness (QED) is 0.406. The average molecular weight is 308 g/mol. The second-order valence-corrected chi connectivity index (χ2v) is 4.97. The molecule has 1 aliphatic rings. The van der Waals surface area contributed by atoms with Crippen molar-refractivity contribution in [3.63, 3.8) is 0 Å². The van der Waals surface area contributed by atoms with Crippen molar-refractivity contribution in [2.24, 2.45) is 0 Å². The minimum Gasteiger partial charge on any atom is -0.507 e. The van der Waals surface area contributed by atoms with Gasteiger partial charge in [0.25, 0.3) is 11.7 Å². The number of benzene rings is 1. The smallest absolute Gasteiger partial charge is 0.296 e. The third kappa shape index (κ3) is 2.38. The van der Waals surface area contributed by atoms with Crippen LogP contribution in [0.15, 0.2) is 58.7 Å². The molecule has 1 amide bonds. The number of hydrogen-bond acceptors (Lipinski definition) is 5. The van der Waals surface area contributed by atoms with E-state index in [1.807, 2.05) is 6.07 Å². The van der Waals surface area contributed by atoms with Crippen molar-refractivity contribution in [1.82, 2.24) is 4.90 Å². The van der Waals surface area contributed by atoms with Crippen LogP contribution in [0.2, 0.25) is 0 Å². The van der Waals surface area contributed by atoms with E-state index >= 15 is 0 Å². The van der Waals surface area contributed by atoms with Crippen molar-refractivity contribution >= 4 is 17.4 Å². The Morgan fingerprint density at radius 3 is 2.57 bits per heavy atom. The number of amides is 1. The van der Waals surface area contributed by atoms with Crippen LogP contribution in [-0.2, 0) is 9.59 Å². The molecule has 1 unspecified atom stereocenters. The number of ketones is 1. The second kappa shape index (κ2) is 5.81. The van der Waals surface area contributed by atoms with Crippen LogP contribution in [-0.4, -0.2) is 28.2 Å². The molecule has 0 radical (unpaired) electrons. The minimum absolute atomic E-state index is 0.0774. The Hall–Kier alpha value is -3.33. The number of nitrogens with zero attached hydrogens (tertiary/aromatic N) is 2. The van der Waals surface area contributed by atoms with Gasteiger partial charge in [-0.05, 0) is 12.1 Å². The van der Waals surface area contributed by atoms with E-state index in [-0.39, 0.29) is 17.9 Å². The summed E-state index contributed by atoms with van der Waals surface area (Å²) in [5.41, 5.74) is 0.338. The first-order valence-corrected chi connectivity index (χ1v) is 6.89. The van der Waals surface area contributed by atoms with E-state index in [9.17, 15) is 14.7 Å². The summed E-state index contributed by atoms with van der Waals surface area (Å²) in [6.45, 7) is -0.276. The molecular weight excluding hydrogens is 296 g/mol. The van der Waals surface area contributed by atoms with Crippen LogP contribution < -0.4 is 0 Å². The summed E-state index contributed by atoms with van der Waals surface area (Å²) < 4.78 is 5.31. The van der Waals surface area contributed by atoms with Gasteiger partial charge in [-0.2, -0.15) is 5.26 Å². The largest absolute Gasteiger partial charge is 0.507 e. The number of Topliss-reactive ketones (excluding diaryl/α,β-unsaturated/α-hetero) is 1. The summed E-state index contributed by atoms with van der Waals surface area (Å²) >= 11 is 0. The number of hydrogen-bond donors (Lipinski definition) is 1. The van der Waals surface area contributed by atoms with Crippen LogP contribution >= 0.6 is 0 Å². The van der Waals surface area contributed by atoms with Crippen LogP contribution in [0.3, 0.4) is 0 Å². The van der Waals surface area contributed by atoms with Gasteiger partial charge in [0.05, 0.1) is 17.9 Å². The van der Waals surface area contributed by atoms with Crippen LogP contribution in [0, 0.1) is 11.3 Å². The number of carbonyl (C=O) groups excluding carboxylic acids is 2. The van der Waals surface area contributed by atoms with Gasteiger partial charge in [0.15, 0.2) is 0 Å². The van der Waals surface area contributed by atoms with Crippen molar-refractivity contribution in [1.29, 1.82) is 5.26 Å². The molecule has 1 aliphatic heterocycles. The second-order valence-electron chi connectivity index (χ2n) is 4.97. The molecule has 0 bridgehead atoms. The molecule has 2 aromatic rings. The van der Waals surface area contributed by atoms with Crippen molar-refractivity contribution in [2.75, 3.05) is 6.54 Å². The summed E-state index contributed by atoms with van der Waals surface area (Å²) in [6.07, 6.45) is 1.41. The molecule has 3 rings (SSSR count). The standard InChI is InChI=1S/C17H12N2O4/c18-8-9-19-14(12-7-4-10-23-12)13(16(21)17(19)22)15(20)11-5-2-1-3-6-11/h1-7,10,14,20H,9H2/b15-13+. The summed E-state index contributed by atoms with van der Waals surface area (Å²) in [5.74, 6) is -1.63. The monoisotopic (exact) mass is 308 g/mol. The van der Waals surface area contributed by atoms with Crippen molar-refractivity contribution in [2.45, 2.75) is 6.04 Å². The summed E-state index contributed by atoms with van der Waals surface area (Å²) in [4.78, 5) is 25.6. The molecule has 0 aliphatic carbocycles. The lowest BCUT2D eigenvalue weighted by Crippen LogP contribution is -2.29. The van der Waals surface area contributed by atoms with E-state index in [4.69, 9.17) is 9.68 Å². The fraction of sp³-hybridized carbons (Fsp3) is 0.118. The van der Waals surface area contributed by atoms with Crippen molar-refractivity contribution in [3.8, 4) is 6.07 Å². The predicted molar refractivity (Wildman–Crippen MR) is 79.8 cm³/mol. The van der Waals surface area contributed by atoms with E-state index < -0.39 is 17.7 Å². The Kier molecular flexibility index (Phi) is 3.69. The van der Waals surface area contributed by atoms with E-state index in [1.54, 1.807) is 42.5 Å². The Balaban J connectivity index is 2.19. The van der Waals surface area contributed by atoms with Crippen LogP contribution in [0.25, 0.3) is 5.76 Å². The lowest BCUT2D eigenvalue weighted by atomic mass is 9.99. The third-order valence-electron chi connectivity index (χ3n) is 3.64. The van der Waals surface area contributed by atoms with Crippen LogP contribution in [0.5, 0.6) is 0 Å². The molecule has 1 fully saturated rings. The Labute approximate surface area is 131 Å². The number of aliphatic hydroxyl groups is 1. The SMILES string of the molecule is N#CCN1C(=O)C(=O)/C(=C(/O)c2ccccc2)C1c1ccco1. The molecule has 1 N–H and O–H groups in total. The molecule has 2 heterocycles. The van der Waals surface area contributed by atoms with Crippen molar-refractivity contribution in [3.05, 3.63) is 65.6 Å². The van der Waals surface area contributed by atoms with Gasteiger partial charge in [0.1, 0.15) is 24.1 Å².